The summed E-state index contributed by atoms with van der Waals surface area (Å²) in [5.74, 6) is 0. The van der Waals surface area contributed by atoms with Crippen molar-refractivity contribution in [3.63, 3.8) is 0 Å². The molecule has 136 valence electrons. The summed E-state index contributed by atoms with van der Waals surface area (Å²) < 4.78 is 0. The molecule has 0 aromatic rings. The fourth-order valence-corrected chi connectivity index (χ4v) is 2.75. The Kier molecular flexibility index (Phi) is 15.7. The van der Waals surface area contributed by atoms with Crippen LogP contribution in [0.3, 0.4) is 0 Å². The highest BCUT2D eigenvalue weighted by atomic mass is 14.0. The zero-order valence-corrected chi connectivity index (χ0v) is 15.9. The highest BCUT2D eigenvalue weighted by Crippen LogP contribution is 2.11. The standard InChI is InChI=1S/C25H36/c1-2-4-6-8-10-12-14-16-18-20-22-24-25-23-21-19-17-15-13-11-9-7-5-3-1/h1-14H,15-25H2/b2-1-,5-3-,6-4+,9-7+,10-8-,13-11?,14-12+. The maximum atomic E-state index is 2.28. The topological polar surface area (TPSA) is 0 Å². The molecule has 0 aromatic carbocycles. The van der Waals surface area contributed by atoms with Gasteiger partial charge in [-0.05, 0) is 25.7 Å². The zero-order valence-electron chi connectivity index (χ0n) is 15.9. The average Bonchev–Trinajstić information content (AvgIpc) is 2.62. The predicted molar refractivity (Wildman–Crippen MR) is 115 cm³/mol. The second-order valence-corrected chi connectivity index (χ2v) is 6.54. The maximum absolute atomic E-state index is 2.28. The van der Waals surface area contributed by atoms with Crippen LogP contribution in [0.4, 0.5) is 0 Å². The first-order valence-corrected chi connectivity index (χ1v) is 10.1. The van der Waals surface area contributed by atoms with Crippen molar-refractivity contribution in [2.24, 2.45) is 0 Å². The Labute approximate surface area is 156 Å². The summed E-state index contributed by atoms with van der Waals surface area (Å²) in [4.78, 5) is 0. The SMILES string of the molecule is C1=CCCCCCCCCCCC/C=C/C=C\C=C\C=C/C=C\C=C\1. The lowest BCUT2D eigenvalue weighted by Gasteiger charge is -2.01. The molecular weight excluding hydrogens is 300 g/mol. The lowest BCUT2D eigenvalue weighted by molar-refractivity contribution is 0.561. The molecule has 0 heteroatoms. The zero-order chi connectivity index (χ0) is 17.7. The van der Waals surface area contributed by atoms with E-state index in [4.69, 9.17) is 0 Å². The normalized spacial score (nSPS) is 27.2. The first kappa shape index (κ1) is 21.2. The minimum atomic E-state index is 1.21. The van der Waals surface area contributed by atoms with Gasteiger partial charge >= 0.3 is 0 Å². The molecule has 0 radical (unpaired) electrons. The van der Waals surface area contributed by atoms with Crippen molar-refractivity contribution >= 4 is 0 Å². The van der Waals surface area contributed by atoms with Crippen molar-refractivity contribution in [1.82, 2.24) is 0 Å². The maximum Gasteiger partial charge on any atom is -0.0348 e. The number of rotatable bonds is 0. The molecule has 0 aromatic heterocycles. The van der Waals surface area contributed by atoms with Gasteiger partial charge in [0.2, 0.25) is 0 Å². The number of hydrogen-bond acceptors (Lipinski definition) is 0. The molecule has 1 aliphatic rings. The van der Waals surface area contributed by atoms with Crippen LogP contribution in [-0.2, 0) is 0 Å². The summed E-state index contributed by atoms with van der Waals surface area (Å²) in [6.07, 6.45) is 44.5. The smallest absolute Gasteiger partial charge is 0.0348 e. The lowest BCUT2D eigenvalue weighted by atomic mass is 10.1. The van der Waals surface area contributed by atoms with Gasteiger partial charge in [-0.3, -0.25) is 0 Å². The Morgan fingerprint density at radius 2 is 0.480 bits per heavy atom. The first-order chi connectivity index (χ1) is 12.5. The van der Waals surface area contributed by atoms with Crippen LogP contribution in [0.15, 0.2) is 85.1 Å². The molecule has 0 unspecified atom stereocenters. The van der Waals surface area contributed by atoms with Crippen molar-refractivity contribution in [3.05, 3.63) is 85.1 Å². The molecule has 0 heterocycles. The molecule has 25 heavy (non-hydrogen) atoms. The summed E-state index contributed by atoms with van der Waals surface area (Å²) >= 11 is 0. The molecule has 0 N–H and O–H groups in total. The molecular formula is C25H36. The van der Waals surface area contributed by atoms with Gasteiger partial charge in [-0.25, -0.2) is 0 Å². The Morgan fingerprint density at radius 3 is 0.800 bits per heavy atom. The third kappa shape index (κ3) is 16.8. The number of allylic oxidation sites excluding steroid dienone is 14. The number of hydrogen-bond donors (Lipinski definition) is 0. The Morgan fingerprint density at radius 1 is 0.240 bits per heavy atom. The molecule has 0 nitrogen and oxygen atoms in total. The van der Waals surface area contributed by atoms with Gasteiger partial charge in [0.15, 0.2) is 0 Å². The Balaban J connectivity index is 2.35. The molecule has 1 rings (SSSR count). The van der Waals surface area contributed by atoms with E-state index in [0.29, 0.717) is 0 Å². The van der Waals surface area contributed by atoms with Gasteiger partial charge in [0, 0.05) is 0 Å². The minimum Gasteiger partial charge on any atom is -0.0845 e. The lowest BCUT2D eigenvalue weighted by Crippen LogP contribution is -1.81. The van der Waals surface area contributed by atoms with E-state index in [2.05, 4.69) is 85.1 Å². The summed E-state index contributed by atoms with van der Waals surface area (Å²) in [7, 11) is 0. The van der Waals surface area contributed by atoms with Crippen LogP contribution in [0.1, 0.15) is 70.6 Å². The van der Waals surface area contributed by atoms with Gasteiger partial charge in [0.1, 0.15) is 0 Å². The minimum absolute atomic E-state index is 1.21. The van der Waals surface area contributed by atoms with Gasteiger partial charge in [0.25, 0.3) is 0 Å². The van der Waals surface area contributed by atoms with Crippen molar-refractivity contribution in [3.8, 4) is 0 Å². The van der Waals surface area contributed by atoms with E-state index < -0.39 is 0 Å². The summed E-state index contributed by atoms with van der Waals surface area (Å²) in [5.41, 5.74) is 0. The van der Waals surface area contributed by atoms with Crippen molar-refractivity contribution < 1.29 is 0 Å². The van der Waals surface area contributed by atoms with Gasteiger partial charge in [-0.15, -0.1) is 0 Å². The molecule has 0 saturated heterocycles. The van der Waals surface area contributed by atoms with E-state index in [1.165, 1.54) is 70.6 Å². The van der Waals surface area contributed by atoms with E-state index >= 15 is 0 Å². The highest BCUT2D eigenvalue weighted by Gasteiger charge is 1.92. The van der Waals surface area contributed by atoms with E-state index in [-0.39, 0.29) is 0 Å². The van der Waals surface area contributed by atoms with E-state index in [1.54, 1.807) is 0 Å². The molecule has 0 spiro atoms. The summed E-state index contributed by atoms with van der Waals surface area (Å²) in [6, 6.07) is 0. The summed E-state index contributed by atoms with van der Waals surface area (Å²) in [5, 5.41) is 0. The molecule has 0 bridgehead atoms. The molecule has 0 saturated carbocycles. The monoisotopic (exact) mass is 336 g/mol. The van der Waals surface area contributed by atoms with Crippen LogP contribution in [0.5, 0.6) is 0 Å². The predicted octanol–water partition coefficient (Wildman–Crippen LogP) is 8.18. The third-order valence-corrected chi connectivity index (χ3v) is 4.24. The van der Waals surface area contributed by atoms with Crippen LogP contribution in [0.2, 0.25) is 0 Å². The Hall–Kier alpha value is -1.82. The van der Waals surface area contributed by atoms with E-state index in [0.717, 1.165) is 0 Å². The van der Waals surface area contributed by atoms with Crippen LogP contribution < -0.4 is 0 Å². The molecule has 0 aliphatic heterocycles. The van der Waals surface area contributed by atoms with Crippen molar-refractivity contribution in [2.75, 3.05) is 0 Å². The molecule has 0 amide bonds. The van der Waals surface area contributed by atoms with Gasteiger partial charge < -0.3 is 0 Å². The third-order valence-electron chi connectivity index (χ3n) is 4.24. The molecule has 0 fully saturated rings. The Bertz CT molecular complexity index is 436. The van der Waals surface area contributed by atoms with E-state index in [9.17, 15) is 0 Å². The quantitative estimate of drug-likeness (QED) is 0.418. The largest absolute Gasteiger partial charge is 0.0845 e. The van der Waals surface area contributed by atoms with Crippen LogP contribution in [0, 0.1) is 0 Å². The van der Waals surface area contributed by atoms with Crippen LogP contribution in [-0.4, -0.2) is 0 Å². The second kappa shape index (κ2) is 18.5. The highest BCUT2D eigenvalue weighted by molar-refractivity contribution is 5.20. The van der Waals surface area contributed by atoms with Gasteiger partial charge in [0.05, 0.1) is 0 Å². The second-order valence-electron chi connectivity index (χ2n) is 6.54. The van der Waals surface area contributed by atoms with E-state index in [1.807, 2.05) is 0 Å². The molecule has 1 aliphatic carbocycles. The fraction of sp³-hybridized carbons (Fsp3) is 0.440. The van der Waals surface area contributed by atoms with Crippen LogP contribution in [0.25, 0.3) is 0 Å². The van der Waals surface area contributed by atoms with Crippen molar-refractivity contribution in [1.29, 1.82) is 0 Å². The van der Waals surface area contributed by atoms with Gasteiger partial charge in [-0.1, -0.05) is 130 Å². The average molecular weight is 337 g/mol. The van der Waals surface area contributed by atoms with Crippen LogP contribution >= 0.6 is 0 Å². The summed E-state index contributed by atoms with van der Waals surface area (Å²) in [6.45, 7) is 0. The first-order valence-electron chi connectivity index (χ1n) is 10.1. The van der Waals surface area contributed by atoms with Crippen molar-refractivity contribution in [2.45, 2.75) is 70.6 Å². The van der Waals surface area contributed by atoms with Gasteiger partial charge in [-0.2, -0.15) is 0 Å². The molecule has 0 atom stereocenters. The fourth-order valence-electron chi connectivity index (χ4n) is 2.75.